The van der Waals surface area contributed by atoms with Gasteiger partial charge in [0.05, 0.1) is 19.0 Å². The van der Waals surface area contributed by atoms with Crippen molar-refractivity contribution in [1.29, 1.82) is 0 Å². The first-order valence-corrected chi connectivity index (χ1v) is 6.12. The van der Waals surface area contributed by atoms with Crippen LogP contribution in [0.2, 0.25) is 0 Å². The molecule has 0 radical (unpaired) electrons. The topological polar surface area (TPSA) is 77.2 Å². The molecule has 2 aromatic heterocycles. The summed E-state index contributed by atoms with van der Waals surface area (Å²) in [6.07, 6.45) is 5.95. The van der Waals surface area contributed by atoms with Gasteiger partial charge in [0.15, 0.2) is 0 Å². The highest BCUT2D eigenvalue weighted by molar-refractivity contribution is 5.77. The van der Waals surface area contributed by atoms with Crippen molar-refractivity contribution in [2.75, 3.05) is 7.11 Å². The molecule has 21 heavy (non-hydrogen) atoms. The molecule has 0 saturated heterocycles. The molecule has 0 unspecified atom stereocenters. The lowest BCUT2D eigenvalue weighted by Crippen LogP contribution is -1.91. The minimum Gasteiger partial charge on any atom is -0.450 e. The van der Waals surface area contributed by atoms with Crippen molar-refractivity contribution in [2.24, 2.45) is 7.05 Å². The number of hydrogen-bond acceptors (Lipinski definition) is 4. The maximum absolute atomic E-state index is 9.15. The van der Waals surface area contributed by atoms with Crippen LogP contribution >= 0.6 is 0 Å². The molecule has 0 atom stereocenters. The summed E-state index contributed by atoms with van der Waals surface area (Å²) in [7, 11) is 3.04. The number of carbonyl (C=O) groups is 1. The van der Waals surface area contributed by atoms with E-state index in [1.165, 1.54) is 5.39 Å². The number of hydrogen-bond donors (Lipinski definition) is 1. The number of para-hydroxylation sites is 1. The molecule has 1 aromatic carbocycles. The standard InChI is InChI=1S/C9H7N.C4H6N2.C2H4O3/c1-2-6-9-8(4-1)5-3-7-10-9;1-6-3-2-5-4-6;1-5-2(3)4/h1-7H;2-4H,1H3;1H3,(H,3,4). The van der Waals surface area contributed by atoms with Crippen LogP contribution in [0, 0.1) is 0 Å². The number of rotatable bonds is 0. The predicted molar refractivity (Wildman–Crippen MR) is 80.0 cm³/mol. The maximum atomic E-state index is 9.15. The number of fused-ring (bicyclic) bond motifs is 1. The second kappa shape index (κ2) is 9.08. The Balaban J connectivity index is 0.000000173. The maximum Gasteiger partial charge on any atom is 0.505 e. The molecule has 0 saturated carbocycles. The second-order valence-electron chi connectivity index (χ2n) is 3.89. The van der Waals surface area contributed by atoms with Gasteiger partial charge in [0, 0.05) is 31.0 Å². The zero-order valence-corrected chi connectivity index (χ0v) is 11.9. The van der Waals surface area contributed by atoms with Gasteiger partial charge in [0.1, 0.15) is 0 Å². The molecular weight excluding hydrogens is 270 g/mol. The molecule has 6 nitrogen and oxygen atoms in total. The molecular formula is C15H17N3O3. The van der Waals surface area contributed by atoms with E-state index in [4.69, 9.17) is 9.90 Å². The van der Waals surface area contributed by atoms with Crippen LogP contribution in [0.5, 0.6) is 0 Å². The lowest BCUT2D eigenvalue weighted by Gasteiger charge is -1.91. The average molecular weight is 287 g/mol. The monoisotopic (exact) mass is 287 g/mol. The normalized spacial score (nSPS) is 8.86. The highest BCUT2D eigenvalue weighted by Crippen LogP contribution is 2.07. The van der Waals surface area contributed by atoms with Crippen molar-refractivity contribution >= 4 is 17.1 Å². The van der Waals surface area contributed by atoms with Crippen LogP contribution in [0.4, 0.5) is 4.79 Å². The Morgan fingerprint density at radius 3 is 2.33 bits per heavy atom. The molecule has 3 aromatic rings. The first-order chi connectivity index (χ1) is 10.1. The molecule has 2 heterocycles. The molecule has 0 fully saturated rings. The van der Waals surface area contributed by atoms with E-state index in [0.29, 0.717) is 0 Å². The van der Waals surface area contributed by atoms with Gasteiger partial charge >= 0.3 is 6.16 Å². The Kier molecular flexibility index (Phi) is 6.99. The summed E-state index contributed by atoms with van der Waals surface area (Å²) in [6.45, 7) is 0. The van der Waals surface area contributed by atoms with E-state index in [1.807, 2.05) is 48.3 Å². The number of aromatic nitrogens is 3. The number of imidazole rings is 1. The number of aryl methyl sites for hydroxylation is 1. The number of carboxylic acid groups (broad SMARTS) is 1. The van der Waals surface area contributed by atoms with Crippen LogP contribution in [0.25, 0.3) is 10.9 Å². The number of pyridine rings is 1. The molecule has 0 amide bonds. The van der Waals surface area contributed by atoms with E-state index in [1.54, 1.807) is 12.5 Å². The van der Waals surface area contributed by atoms with Crippen LogP contribution in [-0.2, 0) is 11.8 Å². The van der Waals surface area contributed by atoms with Gasteiger partial charge in [-0.25, -0.2) is 9.78 Å². The van der Waals surface area contributed by atoms with Crippen molar-refractivity contribution in [3.05, 3.63) is 61.3 Å². The van der Waals surface area contributed by atoms with Crippen molar-refractivity contribution in [1.82, 2.24) is 14.5 Å². The lowest BCUT2D eigenvalue weighted by atomic mass is 10.2. The second-order valence-corrected chi connectivity index (χ2v) is 3.89. The zero-order chi connectivity index (χ0) is 15.5. The van der Waals surface area contributed by atoms with E-state index in [-0.39, 0.29) is 0 Å². The molecule has 110 valence electrons. The first kappa shape index (κ1) is 16.2. The molecule has 0 aliphatic rings. The lowest BCUT2D eigenvalue weighted by molar-refractivity contribution is 0.114. The quantitative estimate of drug-likeness (QED) is 0.643. The molecule has 3 rings (SSSR count). The Bertz CT molecular complexity index is 589. The Morgan fingerprint density at radius 1 is 1.19 bits per heavy atom. The fourth-order valence-corrected chi connectivity index (χ4v) is 1.34. The smallest absolute Gasteiger partial charge is 0.450 e. The number of ether oxygens (including phenoxy) is 1. The number of benzene rings is 1. The van der Waals surface area contributed by atoms with Gasteiger partial charge in [-0.2, -0.15) is 0 Å². The third kappa shape index (κ3) is 6.72. The van der Waals surface area contributed by atoms with Crippen molar-refractivity contribution in [3.8, 4) is 0 Å². The third-order valence-electron chi connectivity index (χ3n) is 2.32. The van der Waals surface area contributed by atoms with E-state index in [2.05, 4.69) is 26.8 Å². The van der Waals surface area contributed by atoms with Gasteiger partial charge in [0.25, 0.3) is 0 Å². The summed E-state index contributed by atoms with van der Waals surface area (Å²) in [5, 5.41) is 8.70. The van der Waals surface area contributed by atoms with E-state index in [9.17, 15) is 0 Å². The van der Waals surface area contributed by atoms with E-state index in [0.717, 1.165) is 12.6 Å². The van der Waals surface area contributed by atoms with Gasteiger partial charge in [-0.3, -0.25) is 4.98 Å². The highest BCUT2D eigenvalue weighted by atomic mass is 16.6. The van der Waals surface area contributed by atoms with Crippen LogP contribution < -0.4 is 0 Å². The van der Waals surface area contributed by atoms with Crippen molar-refractivity contribution < 1.29 is 14.6 Å². The fraction of sp³-hybridized carbons (Fsp3) is 0.133. The summed E-state index contributed by atoms with van der Waals surface area (Å²) < 4.78 is 5.56. The zero-order valence-electron chi connectivity index (χ0n) is 11.9. The number of nitrogens with zero attached hydrogens (tertiary/aromatic N) is 3. The minimum absolute atomic E-state index is 1.06. The Labute approximate surface area is 122 Å². The number of methoxy groups -OCH3 is 1. The third-order valence-corrected chi connectivity index (χ3v) is 2.32. The van der Waals surface area contributed by atoms with Crippen LogP contribution in [0.3, 0.4) is 0 Å². The van der Waals surface area contributed by atoms with Crippen molar-refractivity contribution in [2.45, 2.75) is 0 Å². The first-order valence-electron chi connectivity index (χ1n) is 6.12. The minimum atomic E-state index is -1.25. The summed E-state index contributed by atoms with van der Waals surface area (Å²) >= 11 is 0. The van der Waals surface area contributed by atoms with Gasteiger partial charge in [-0.15, -0.1) is 0 Å². The van der Waals surface area contributed by atoms with Crippen LogP contribution in [0.15, 0.2) is 61.3 Å². The summed E-state index contributed by atoms with van der Waals surface area (Å²) in [4.78, 5) is 17.1. The van der Waals surface area contributed by atoms with E-state index < -0.39 is 6.16 Å². The molecule has 1 N–H and O–H groups in total. The molecule has 6 heteroatoms. The van der Waals surface area contributed by atoms with Gasteiger partial charge in [-0.1, -0.05) is 24.3 Å². The highest BCUT2D eigenvalue weighted by Gasteiger charge is 1.86. The van der Waals surface area contributed by atoms with Gasteiger partial charge < -0.3 is 14.4 Å². The molecule has 0 bridgehead atoms. The van der Waals surface area contributed by atoms with Gasteiger partial charge in [-0.05, 0) is 12.1 Å². The fourth-order valence-electron chi connectivity index (χ4n) is 1.34. The predicted octanol–water partition coefficient (Wildman–Crippen LogP) is 2.97. The largest absolute Gasteiger partial charge is 0.505 e. The van der Waals surface area contributed by atoms with Crippen LogP contribution in [-0.4, -0.2) is 32.9 Å². The van der Waals surface area contributed by atoms with E-state index >= 15 is 0 Å². The molecule has 0 aliphatic heterocycles. The summed E-state index contributed by atoms with van der Waals surface area (Å²) in [5.41, 5.74) is 1.06. The molecule has 0 spiro atoms. The molecule has 0 aliphatic carbocycles. The summed E-state index contributed by atoms with van der Waals surface area (Å²) in [6, 6.07) is 12.1. The average Bonchev–Trinajstić information content (AvgIpc) is 3.00. The summed E-state index contributed by atoms with van der Waals surface area (Å²) in [5.74, 6) is 0. The van der Waals surface area contributed by atoms with Crippen LogP contribution in [0.1, 0.15) is 0 Å². The van der Waals surface area contributed by atoms with Gasteiger partial charge in [0.2, 0.25) is 0 Å². The Morgan fingerprint density at radius 2 is 1.86 bits per heavy atom. The Hall–Kier alpha value is -2.89. The van der Waals surface area contributed by atoms with Crippen molar-refractivity contribution in [3.63, 3.8) is 0 Å². The SMILES string of the molecule is COC(=O)O.Cn1ccnc1.c1ccc2ncccc2c1.